The van der Waals surface area contributed by atoms with Gasteiger partial charge in [0, 0.05) is 31.8 Å². The van der Waals surface area contributed by atoms with Gasteiger partial charge < -0.3 is 45.2 Å². The summed E-state index contributed by atoms with van der Waals surface area (Å²) >= 11 is 0. The van der Waals surface area contributed by atoms with Gasteiger partial charge in [-0.1, -0.05) is 30.3 Å². The molecule has 234 valence electrons. The van der Waals surface area contributed by atoms with Crippen LogP contribution in [-0.4, -0.2) is 108 Å². The Morgan fingerprint density at radius 3 is 2.52 bits per heavy atom. The highest BCUT2D eigenvalue weighted by Gasteiger charge is 2.37. The van der Waals surface area contributed by atoms with Crippen molar-refractivity contribution in [1.29, 1.82) is 0 Å². The van der Waals surface area contributed by atoms with Crippen LogP contribution in [0, 0.1) is 0 Å². The van der Waals surface area contributed by atoms with Crippen molar-refractivity contribution >= 4 is 46.9 Å². The third-order valence-corrected chi connectivity index (χ3v) is 6.62. The molecule has 1 fully saturated rings. The number of rotatable bonds is 15. The maximum absolute atomic E-state index is 12.8. The van der Waals surface area contributed by atoms with E-state index in [1.807, 2.05) is 0 Å². The number of methoxy groups -OCH3 is 2. The summed E-state index contributed by atoms with van der Waals surface area (Å²) in [4.78, 5) is 70.9. The van der Waals surface area contributed by atoms with Crippen molar-refractivity contribution in [2.45, 2.75) is 19.1 Å². The van der Waals surface area contributed by atoms with Crippen LogP contribution in [0.5, 0.6) is 11.5 Å². The minimum absolute atomic E-state index is 0.0672. The number of amides is 5. The molecule has 1 saturated heterocycles. The number of fused-ring (bicyclic) bond motifs is 1. The van der Waals surface area contributed by atoms with E-state index >= 15 is 0 Å². The summed E-state index contributed by atoms with van der Waals surface area (Å²) in [6.45, 7) is -0.659. The van der Waals surface area contributed by atoms with E-state index in [4.69, 9.17) is 14.2 Å². The molecule has 5 N–H and O–H groups in total. The number of benzene rings is 2. The number of carboxylic acids is 1. The molecule has 2 aromatic carbocycles. The van der Waals surface area contributed by atoms with Crippen molar-refractivity contribution in [2.24, 2.45) is 0 Å². The molecule has 0 spiro atoms. The highest BCUT2D eigenvalue weighted by atomic mass is 16.5. The van der Waals surface area contributed by atoms with Gasteiger partial charge >= 0.3 is 18.1 Å². The molecule has 16 nitrogen and oxygen atoms in total. The summed E-state index contributed by atoms with van der Waals surface area (Å²) in [7, 11) is 3.08. The fourth-order valence-electron chi connectivity index (χ4n) is 4.34. The number of H-pyrrole nitrogens is 1. The van der Waals surface area contributed by atoms with Gasteiger partial charge in [-0.05, 0) is 12.0 Å². The van der Waals surface area contributed by atoms with E-state index < -0.39 is 49.0 Å². The molecule has 16 heteroatoms. The van der Waals surface area contributed by atoms with Gasteiger partial charge in [0.05, 0.1) is 25.3 Å². The zero-order valence-corrected chi connectivity index (χ0v) is 24.1. The number of anilines is 1. The average molecular weight is 612 g/mol. The van der Waals surface area contributed by atoms with Crippen molar-refractivity contribution in [1.82, 2.24) is 30.4 Å². The zero-order chi connectivity index (χ0) is 31.6. The number of urea groups is 1. The third kappa shape index (κ3) is 8.05. The number of imidazole rings is 1. The standard InChI is InChI=1S/C28H33N7O9/c1-42-21-11-18-19(12-22(21)43-2)32-26(31-18)29-9-6-10-34-15-24(37)35(28(34)41)14-23(36)30-13-20(25(38)39)33-27(40)44-16-17-7-4-3-5-8-17/h3-5,7-8,11-12,20H,6,9-10,13-16H2,1-2H3,(H,30,36)(H,33,40)(H,38,39)(H2,29,31,32). The first-order valence-corrected chi connectivity index (χ1v) is 13.6. The van der Waals surface area contributed by atoms with E-state index in [1.54, 1.807) is 49.6 Å². The van der Waals surface area contributed by atoms with Crippen LogP contribution in [0.3, 0.4) is 0 Å². The van der Waals surface area contributed by atoms with E-state index in [2.05, 4.69) is 25.9 Å². The monoisotopic (exact) mass is 611 g/mol. The van der Waals surface area contributed by atoms with Gasteiger partial charge in [-0.2, -0.15) is 0 Å². The van der Waals surface area contributed by atoms with Gasteiger partial charge in [-0.25, -0.2) is 19.4 Å². The second-order valence-electron chi connectivity index (χ2n) is 9.68. The fraction of sp³-hybridized carbons (Fsp3) is 0.357. The molecule has 0 saturated carbocycles. The summed E-state index contributed by atoms with van der Waals surface area (Å²) in [6, 6.07) is 10.2. The Kier molecular flexibility index (Phi) is 10.4. The molecule has 0 aliphatic carbocycles. The van der Waals surface area contributed by atoms with Gasteiger partial charge in [0.2, 0.25) is 11.9 Å². The molecule has 1 aliphatic rings. The molecule has 5 amide bonds. The topological polar surface area (TPSA) is 205 Å². The molecular weight excluding hydrogens is 578 g/mol. The van der Waals surface area contributed by atoms with Gasteiger partial charge in [0.25, 0.3) is 5.91 Å². The Labute approximate surface area is 251 Å². The van der Waals surface area contributed by atoms with E-state index in [-0.39, 0.29) is 19.7 Å². The summed E-state index contributed by atoms with van der Waals surface area (Å²) in [5.41, 5.74) is 2.13. The maximum Gasteiger partial charge on any atom is 0.408 e. The summed E-state index contributed by atoms with van der Waals surface area (Å²) < 4.78 is 15.6. The number of hydrogen-bond acceptors (Lipinski definition) is 10. The van der Waals surface area contributed by atoms with Gasteiger partial charge in [0.15, 0.2) is 11.5 Å². The van der Waals surface area contributed by atoms with Crippen molar-refractivity contribution in [3.63, 3.8) is 0 Å². The lowest BCUT2D eigenvalue weighted by Crippen LogP contribution is -2.50. The minimum atomic E-state index is -1.49. The minimum Gasteiger partial charge on any atom is -0.493 e. The number of hydrogen-bond donors (Lipinski definition) is 5. The Bertz CT molecular complexity index is 1470. The fourth-order valence-corrected chi connectivity index (χ4v) is 4.34. The van der Waals surface area contributed by atoms with Crippen LogP contribution in [0.15, 0.2) is 42.5 Å². The Balaban J connectivity index is 1.19. The Morgan fingerprint density at radius 2 is 1.82 bits per heavy atom. The number of carbonyl (C=O) groups excluding carboxylic acids is 4. The molecule has 1 unspecified atom stereocenters. The molecule has 3 aromatic rings. The second kappa shape index (κ2) is 14.6. The zero-order valence-electron chi connectivity index (χ0n) is 24.1. The summed E-state index contributed by atoms with van der Waals surface area (Å²) in [5.74, 6) is -1.11. The lowest BCUT2D eigenvalue weighted by molar-refractivity contribution is -0.139. The van der Waals surface area contributed by atoms with Crippen LogP contribution < -0.4 is 25.4 Å². The number of carbonyl (C=O) groups is 5. The Morgan fingerprint density at radius 1 is 1.09 bits per heavy atom. The molecule has 2 heterocycles. The molecule has 1 atom stereocenters. The molecule has 0 bridgehead atoms. The lowest BCUT2D eigenvalue weighted by atomic mass is 10.2. The first-order chi connectivity index (χ1) is 21.2. The normalized spacial score (nSPS) is 13.5. The lowest BCUT2D eigenvalue weighted by Gasteiger charge is -2.18. The first-order valence-electron chi connectivity index (χ1n) is 13.6. The number of aliphatic carboxylic acids is 1. The summed E-state index contributed by atoms with van der Waals surface area (Å²) in [6.07, 6.45) is -0.499. The quantitative estimate of drug-likeness (QED) is 0.122. The first kappa shape index (κ1) is 31.4. The summed E-state index contributed by atoms with van der Waals surface area (Å²) in [5, 5.41) is 17.0. The number of nitrogens with zero attached hydrogens (tertiary/aromatic N) is 3. The second-order valence-corrected chi connectivity index (χ2v) is 9.68. The van der Waals surface area contributed by atoms with Crippen LogP contribution in [0.1, 0.15) is 12.0 Å². The molecular formula is C28H33N7O9. The van der Waals surface area contributed by atoms with Crippen molar-refractivity contribution < 1.29 is 43.3 Å². The molecule has 1 aromatic heterocycles. The van der Waals surface area contributed by atoms with Crippen molar-refractivity contribution in [3.05, 3.63) is 48.0 Å². The number of aromatic amines is 1. The number of imide groups is 1. The average Bonchev–Trinajstić information content (AvgIpc) is 3.54. The third-order valence-electron chi connectivity index (χ3n) is 6.62. The molecule has 44 heavy (non-hydrogen) atoms. The van der Waals surface area contributed by atoms with Crippen LogP contribution >= 0.6 is 0 Å². The largest absolute Gasteiger partial charge is 0.493 e. The van der Waals surface area contributed by atoms with E-state index in [1.165, 1.54) is 12.0 Å². The highest BCUT2D eigenvalue weighted by Crippen LogP contribution is 2.31. The smallest absolute Gasteiger partial charge is 0.408 e. The highest BCUT2D eigenvalue weighted by molar-refractivity contribution is 6.04. The molecule has 4 rings (SSSR count). The predicted octanol–water partition coefficient (Wildman–Crippen LogP) is 1.14. The van der Waals surface area contributed by atoms with Crippen LogP contribution in [0.4, 0.5) is 15.5 Å². The molecule has 0 radical (unpaired) electrons. The van der Waals surface area contributed by atoms with E-state index in [9.17, 15) is 29.1 Å². The van der Waals surface area contributed by atoms with Gasteiger partial charge in [-0.15, -0.1) is 0 Å². The van der Waals surface area contributed by atoms with Gasteiger partial charge in [0.1, 0.15) is 25.7 Å². The number of nitrogens with one attached hydrogen (secondary N) is 4. The van der Waals surface area contributed by atoms with Crippen LogP contribution in [0.2, 0.25) is 0 Å². The Hall–Kier alpha value is -5.54. The maximum atomic E-state index is 12.8. The number of aromatic nitrogens is 2. The van der Waals surface area contributed by atoms with Crippen molar-refractivity contribution in [2.75, 3.05) is 52.3 Å². The number of ether oxygens (including phenoxy) is 3. The SMILES string of the molecule is COc1cc2nc(NCCCN3CC(=O)N(CC(=O)NCC(NC(=O)OCc4ccccc4)C(=O)O)C3=O)[nH]c2cc1OC. The van der Waals surface area contributed by atoms with E-state index in [0.717, 1.165) is 10.4 Å². The number of alkyl carbamates (subject to hydrolysis) is 1. The van der Waals surface area contributed by atoms with Crippen LogP contribution in [-0.2, 0) is 25.7 Å². The van der Waals surface area contributed by atoms with Crippen molar-refractivity contribution in [3.8, 4) is 11.5 Å². The number of carboxylic acid groups (broad SMARTS) is 1. The predicted molar refractivity (Wildman–Crippen MR) is 155 cm³/mol. The van der Waals surface area contributed by atoms with Crippen LogP contribution in [0.25, 0.3) is 11.0 Å². The molecule has 1 aliphatic heterocycles. The van der Waals surface area contributed by atoms with Gasteiger partial charge in [-0.3, -0.25) is 14.5 Å². The van der Waals surface area contributed by atoms with E-state index in [0.29, 0.717) is 41.5 Å².